The van der Waals surface area contributed by atoms with Gasteiger partial charge >= 0.3 is 0 Å². The number of nitrogens with zero attached hydrogens (tertiary/aromatic N) is 5. The molecule has 0 aliphatic carbocycles. The monoisotopic (exact) mass is 508 g/mol. The number of carbonyl (C=O) groups excluding carboxylic acids is 2. The largest absolute Gasteiger partial charge is 0.337 e. The molecule has 1 aliphatic rings. The number of hydrogen-bond donors (Lipinski definition) is 1. The van der Waals surface area contributed by atoms with Crippen LogP contribution in [0.2, 0.25) is 5.15 Å². The minimum atomic E-state index is -0.301. The zero-order chi connectivity index (χ0) is 25.8. The molecule has 4 rings (SSSR count). The van der Waals surface area contributed by atoms with Crippen molar-refractivity contribution in [1.29, 1.82) is 0 Å². The molecule has 1 aliphatic heterocycles. The van der Waals surface area contributed by atoms with E-state index in [2.05, 4.69) is 14.9 Å². The Balaban J connectivity index is 1.68. The number of fused-ring (bicyclic) bond motifs is 1. The van der Waals surface area contributed by atoms with Crippen molar-refractivity contribution in [1.82, 2.24) is 24.3 Å². The SMILES string of the molecule is Cc1cc(C(=O)Nc2nc3cccc(C)c3n2C2CCCCN(C(=O)C=CCN(C)C)C2)cc(Cl)n1. The third kappa shape index (κ3) is 5.94. The highest BCUT2D eigenvalue weighted by Gasteiger charge is 2.27. The maximum atomic E-state index is 13.2. The van der Waals surface area contributed by atoms with E-state index in [1.54, 1.807) is 25.1 Å². The number of aromatic nitrogens is 3. The number of imidazole rings is 1. The van der Waals surface area contributed by atoms with Crippen LogP contribution in [0.3, 0.4) is 0 Å². The summed E-state index contributed by atoms with van der Waals surface area (Å²) in [6.07, 6.45) is 6.36. The number of rotatable bonds is 6. The van der Waals surface area contributed by atoms with E-state index in [1.165, 1.54) is 0 Å². The van der Waals surface area contributed by atoms with Crippen LogP contribution in [-0.4, -0.2) is 69.9 Å². The molecule has 1 saturated heterocycles. The van der Waals surface area contributed by atoms with E-state index in [-0.39, 0.29) is 23.0 Å². The molecule has 1 unspecified atom stereocenters. The summed E-state index contributed by atoms with van der Waals surface area (Å²) >= 11 is 6.09. The first-order valence-corrected chi connectivity index (χ1v) is 12.6. The fourth-order valence-corrected chi connectivity index (χ4v) is 4.95. The van der Waals surface area contributed by atoms with Crippen molar-refractivity contribution in [3.8, 4) is 0 Å². The number of benzene rings is 1. The van der Waals surface area contributed by atoms with Crippen LogP contribution in [0.15, 0.2) is 42.5 Å². The highest BCUT2D eigenvalue weighted by atomic mass is 35.5. The smallest absolute Gasteiger partial charge is 0.258 e. The van der Waals surface area contributed by atoms with Crippen molar-refractivity contribution in [2.75, 3.05) is 39.0 Å². The van der Waals surface area contributed by atoms with Crippen LogP contribution in [0.5, 0.6) is 0 Å². The number of anilines is 1. The van der Waals surface area contributed by atoms with E-state index in [0.717, 1.165) is 35.9 Å². The lowest BCUT2D eigenvalue weighted by Gasteiger charge is -2.26. The molecule has 0 spiro atoms. The first kappa shape index (κ1) is 25.9. The molecule has 0 saturated carbocycles. The molecule has 0 bridgehead atoms. The molecular weight excluding hydrogens is 476 g/mol. The third-order valence-corrected chi connectivity index (χ3v) is 6.57. The first-order chi connectivity index (χ1) is 17.2. The minimum Gasteiger partial charge on any atom is -0.337 e. The number of halogens is 1. The van der Waals surface area contributed by atoms with Gasteiger partial charge in [0.2, 0.25) is 11.9 Å². The first-order valence-electron chi connectivity index (χ1n) is 12.3. The summed E-state index contributed by atoms with van der Waals surface area (Å²) in [5, 5.41) is 3.28. The lowest BCUT2D eigenvalue weighted by Crippen LogP contribution is -2.35. The van der Waals surface area contributed by atoms with Crippen molar-refractivity contribution in [2.45, 2.75) is 39.2 Å². The Morgan fingerprint density at radius 1 is 1.19 bits per heavy atom. The van der Waals surface area contributed by atoms with Gasteiger partial charge < -0.3 is 14.4 Å². The number of likely N-dealkylation sites (tertiary alicyclic amines) is 1. The molecule has 1 fully saturated rings. The van der Waals surface area contributed by atoms with Crippen LogP contribution >= 0.6 is 11.6 Å². The van der Waals surface area contributed by atoms with E-state index in [9.17, 15) is 9.59 Å². The molecule has 1 aromatic carbocycles. The molecule has 1 N–H and O–H groups in total. The van der Waals surface area contributed by atoms with Gasteiger partial charge in [0, 0.05) is 37.0 Å². The van der Waals surface area contributed by atoms with Crippen LogP contribution < -0.4 is 5.32 Å². The van der Waals surface area contributed by atoms with Crippen LogP contribution in [0.25, 0.3) is 11.0 Å². The van der Waals surface area contributed by atoms with Gasteiger partial charge in [0.05, 0.1) is 17.1 Å². The topological polar surface area (TPSA) is 83.4 Å². The molecule has 1 atom stereocenters. The zero-order valence-electron chi connectivity index (χ0n) is 21.3. The van der Waals surface area contributed by atoms with Gasteiger partial charge in [-0.15, -0.1) is 0 Å². The highest BCUT2D eigenvalue weighted by molar-refractivity contribution is 6.29. The third-order valence-electron chi connectivity index (χ3n) is 6.38. The second-order valence-corrected chi connectivity index (χ2v) is 10.0. The summed E-state index contributed by atoms with van der Waals surface area (Å²) in [7, 11) is 3.95. The van der Waals surface area contributed by atoms with Gasteiger partial charge in [-0.2, -0.15) is 0 Å². The van der Waals surface area contributed by atoms with E-state index in [0.29, 0.717) is 36.8 Å². The van der Waals surface area contributed by atoms with Crippen LogP contribution in [0.4, 0.5) is 5.95 Å². The Morgan fingerprint density at radius 3 is 2.75 bits per heavy atom. The Labute approximate surface area is 217 Å². The van der Waals surface area contributed by atoms with Gasteiger partial charge in [0.1, 0.15) is 5.15 Å². The maximum Gasteiger partial charge on any atom is 0.258 e. The number of amides is 2. The number of pyridine rings is 1. The zero-order valence-corrected chi connectivity index (χ0v) is 22.0. The van der Waals surface area contributed by atoms with E-state index >= 15 is 0 Å². The lowest BCUT2D eigenvalue weighted by molar-refractivity contribution is -0.126. The molecule has 36 heavy (non-hydrogen) atoms. The Kier molecular flexibility index (Phi) is 8.06. The fraction of sp³-hybridized carbons (Fsp3) is 0.407. The van der Waals surface area contributed by atoms with Crippen LogP contribution in [0.1, 0.15) is 46.9 Å². The molecule has 190 valence electrons. The van der Waals surface area contributed by atoms with Crippen molar-refractivity contribution >= 4 is 40.4 Å². The van der Waals surface area contributed by atoms with Crippen molar-refractivity contribution in [2.24, 2.45) is 0 Å². The molecule has 2 amide bonds. The normalized spacial score (nSPS) is 16.6. The van der Waals surface area contributed by atoms with Gasteiger partial charge in [0.25, 0.3) is 5.91 Å². The van der Waals surface area contributed by atoms with Crippen molar-refractivity contribution in [3.05, 3.63) is 64.5 Å². The fourth-order valence-electron chi connectivity index (χ4n) is 4.70. The summed E-state index contributed by atoms with van der Waals surface area (Å²) in [6, 6.07) is 9.18. The second kappa shape index (κ2) is 11.2. The van der Waals surface area contributed by atoms with Gasteiger partial charge in [0.15, 0.2) is 0 Å². The summed E-state index contributed by atoms with van der Waals surface area (Å²) in [5.41, 5.74) is 3.93. The predicted octanol–water partition coefficient (Wildman–Crippen LogP) is 4.63. The number of hydrogen-bond acceptors (Lipinski definition) is 5. The van der Waals surface area contributed by atoms with Gasteiger partial charge in [-0.3, -0.25) is 14.9 Å². The molecule has 3 heterocycles. The molecular formula is C27H33ClN6O2. The van der Waals surface area contributed by atoms with Crippen LogP contribution in [0, 0.1) is 13.8 Å². The number of nitrogens with one attached hydrogen (secondary N) is 1. The van der Waals surface area contributed by atoms with E-state index < -0.39 is 0 Å². The van der Waals surface area contributed by atoms with Crippen molar-refractivity contribution in [3.63, 3.8) is 0 Å². The summed E-state index contributed by atoms with van der Waals surface area (Å²) in [4.78, 5) is 39.1. The standard InChI is InChI=1S/C27H33ClN6O2/c1-18-9-7-11-22-25(18)34(27(30-22)31-26(36)20-15-19(2)29-23(28)16-20)21-10-5-6-14-33(17-21)24(35)12-8-13-32(3)4/h7-9,11-12,15-16,21H,5-6,10,13-14,17H2,1-4H3,(H,30,31,36). The average Bonchev–Trinajstić information content (AvgIpc) is 3.00. The second-order valence-electron chi connectivity index (χ2n) is 9.62. The molecule has 2 aromatic heterocycles. The average molecular weight is 509 g/mol. The van der Waals surface area contributed by atoms with E-state index in [1.807, 2.05) is 55.1 Å². The number of para-hydroxylation sites is 1. The summed E-state index contributed by atoms with van der Waals surface area (Å²) < 4.78 is 2.10. The molecule has 0 radical (unpaired) electrons. The van der Waals surface area contributed by atoms with Crippen molar-refractivity contribution < 1.29 is 9.59 Å². The minimum absolute atomic E-state index is 0.0115. The Morgan fingerprint density at radius 2 is 2.00 bits per heavy atom. The van der Waals surface area contributed by atoms with E-state index in [4.69, 9.17) is 16.6 Å². The summed E-state index contributed by atoms with van der Waals surface area (Å²) in [6.45, 7) is 5.81. The summed E-state index contributed by atoms with van der Waals surface area (Å²) in [5.74, 6) is 0.180. The van der Waals surface area contributed by atoms with Gasteiger partial charge in [-0.05, 0) is 71.0 Å². The molecule has 3 aromatic rings. The highest BCUT2D eigenvalue weighted by Crippen LogP contribution is 2.32. The quantitative estimate of drug-likeness (QED) is 0.388. The molecule has 8 nitrogen and oxygen atoms in total. The van der Waals surface area contributed by atoms with Crippen LogP contribution in [-0.2, 0) is 4.79 Å². The molecule has 9 heteroatoms. The number of likely N-dealkylation sites (N-methyl/N-ethyl adjacent to an activating group) is 1. The maximum absolute atomic E-state index is 13.2. The Hall–Kier alpha value is -3.23. The van der Waals surface area contributed by atoms with Gasteiger partial charge in [-0.25, -0.2) is 9.97 Å². The number of aryl methyl sites for hydroxylation is 2. The number of carbonyl (C=O) groups is 2. The predicted molar refractivity (Wildman–Crippen MR) is 144 cm³/mol. The Bertz CT molecular complexity index is 1280. The lowest BCUT2D eigenvalue weighted by atomic mass is 10.1. The van der Waals surface area contributed by atoms with Gasteiger partial charge in [-0.1, -0.05) is 29.8 Å².